The predicted molar refractivity (Wildman–Crippen MR) is 32.3 cm³/mol. The zero-order chi connectivity index (χ0) is 4.41. The molecule has 0 spiro atoms. The fraction of sp³-hybridized carbons (Fsp3) is 0. The molecular formula is C4H3IN. The lowest BCUT2D eigenvalue weighted by Crippen LogP contribution is -1.48. The molecule has 6 heavy (non-hydrogen) atoms. The van der Waals surface area contributed by atoms with Gasteiger partial charge in [-0.1, -0.05) is 0 Å². The zero-order valence-electron chi connectivity index (χ0n) is 3.03. The SMILES string of the molecule is Ic1[c]c[nH]c1. The van der Waals surface area contributed by atoms with Gasteiger partial charge >= 0.3 is 0 Å². The molecule has 0 aliphatic rings. The van der Waals surface area contributed by atoms with Gasteiger partial charge in [0.15, 0.2) is 0 Å². The summed E-state index contributed by atoms with van der Waals surface area (Å²) < 4.78 is 1.13. The summed E-state index contributed by atoms with van der Waals surface area (Å²) in [6.45, 7) is 0. The first-order valence-electron chi connectivity index (χ1n) is 1.59. The minimum atomic E-state index is 1.13. The van der Waals surface area contributed by atoms with E-state index in [4.69, 9.17) is 0 Å². The lowest BCUT2D eigenvalue weighted by atomic mass is 10.7. The first kappa shape index (κ1) is 4.18. The maximum Gasteiger partial charge on any atom is 0.0384 e. The van der Waals surface area contributed by atoms with Crippen LogP contribution in [0.3, 0.4) is 0 Å². The fourth-order valence-electron chi connectivity index (χ4n) is 0.267. The number of hydrogen-bond acceptors (Lipinski definition) is 0. The Balaban J connectivity index is 3.05. The Labute approximate surface area is 49.9 Å². The second-order valence-electron chi connectivity index (χ2n) is 0.948. The molecule has 0 aliphatic heterocycles. The fourth-order valence-corrected chi connectivity index (χ4v) is 0.603. The highest BCUT2D eigenvalue weighted by atomic mass is 127. The lowest BCUT2D eigenvalue weighted by Gasteiger charge is -1.61. The Hall–Kier alpha value is 0.01000. The highest BCUT2D eigenvalue weighted by Gasteiger charge is 1.76. The molecule has 1 nitrogen and oxygen atoms in total. The zero-order valence-corrected chi connectivity index (χ0v) is 5.19. The molecule has 0 fully saturated rings. The molecule has 0 aromatic carbocycles. The van der Waals surface area contributed by atoms with Gasteiger partial charge in [-0.3, -0.25) is 0 Å². The van der Waals surface area contributed by atoms with E-state index in [1.165, 1.54) is 0 Å². The number of hydrogen-bond donors (Lipinski definition) is 1. The third-order valence-corrected chi connectivity index (χ3v) is 1.13. The van der Waals surface area contributed by atoms with Crippen LogP contribution in [0.5, 0.6) is 0 Å². The third kappa shape index (κ3) is 0.739. The van der Waals surface area contributed by atoms with Crippen molar-refractivity contribution in [3.8, 4) is 0 Å². The number of H-pyrrole nitrogens is 1. The molecule has 0 atom stereocenters. The number of aromatic amines is 1. The molecule has 2 heteroatoms. The van der Waals surface area contributed by atoms with Crippen LogP contribution in [0.15, 0.2) is 12.4 Å². The van der Waals surface area contributed by atoms with E-state index >= 15 is 0 Å². The van der Waals surface area contributed by atoms with Gasteiger partial charge in [0.1, 0.15) is 0 Å². The predicted octanol–water partition coefficient (Wildman–Crippen LogP) is 1.42. The van der Waals surface area contributed by atoms with E-state index in [1.807, 2.05) is 6.20 Å². The van der Waals surface area contributed by atoms with Crippen molar-refractivity contribution in [2.24, 2.45) is 0 Å². The van der Waals surface area contributed by atoms with Crippen LogP contribution in [-0.4, -0.2) is 4.98 Å². The summed E-state index contributed by atoms with van der Waals surface area (Å²) >= 11 is 2.19. The van der Waals surface area contributed by atoms with Crippen molar-refractivity contribution in [3.05, 3.63) is 22.0 Å². The Bertz CT molecular complexity index is 111. The Kier molecular flexibility index (Phi) is 1.14. The molecule has 1 heterocycles. The van der Waals surface area contributed by atoms with Gasteiger partial charge in [0.2, 0.25) is 0 Å². The maximum absolute atomic E-state index is 2.93. The van der Waals surface area contributed by atoms with Gasteiger partial charge in [-0.2, -0.15) is 0 Å². The molecule has 1 rings (SSSR count). The number of halogens is 1. The molecule has 1 radical (unpaired) electrons. The Morgan fingerprint density at radius 2 is 2.67 bits per heavy atom. The number of rotatable bonds is 0. The molecular weight excluding hydrogens is 189 g/mol. The van der Waals surface area contributed by atoms with Gasteiger partial charge in [-0.15, -0.1) is 0 Å². The van der Waals surface area contributed by atoms with Crippen molar-refractivity contribution >= 4 is 22.6 Å². The molecule has 0 amide bonds. The van der Waals surface area contributed by atoms with Crippen LogP contribution in [0.25, 0.3) is 0 Å². The monoisotopic (exact) mass is 192 g/mol. The first-order valence-corrected chi connectivity index (χ1v) is 2.67. The van der Waals surface area contributed by atoms with E-state index < -0.39 is 0 Å². The summed E-state index contributed by atoms with van der Waals surface area (Å²) in [5, 5.41) is 0. The van der Waals surface area contributed by atoms with Crippen LogP contribution in [-0.2, 0) is 0 Å². The van der Waals surface area contributed by atoms with Crippen molar-refractivity contribution in [3.63, 3.8) is 0 Å². The summed E-state index contributed by atoms with van der Waals surface area (Å²) in [6.07, 6.45) is 3.67. The van der Waals surface area contributed by atoms with E-state index in [0.29, 0.717) is 0 Å². The van der Waals surface area contributed by atoms with Crippen LogP contribution < -0.4 is 0 Å². The van der Waals surface area contributed by atoms with Crippen molar-refractivity contribution in [1.82, 2.24) is 4.98 Å². The van der Waals surface area contributed by atoms with Crippen LogP contribution >= 0.6 is 22.6 Å². The largest absolute Gasteiger partial charge is 0.366 e. The van der Waals surface area contributed by atoms with Crippen molar-refractivity contribution < 1.29 is 0 Å². The van der Waals surface area contributed by atoms with E-state index in [9.17, 15) is 0 Å². The first-order chi connectivity index (χ1) is 2.89. The second-order valence-corrected chi connectivity index (χ2v) is 2.11. The smallest absolute Gasteiger partial charge is 0.0384 e. The Morgan fingerprint density at radius 3 is 2.83 bits per heavy atom. The maximum atomic E-state index is 2.93. The Morgan fingerprint density at radius 1 is 1.83 bits per heavy atom. The van der Waals surface area contributed by atoms with Crippen molar-refractivity contribution in [2.75, 3.05) is 0 Å². The van der Waals surface area contributed by atoms with Crippen LogP contribution in [0.2, 0.25) is 0 Å². The van der Waals surface area contributed by atoms with Gasteiger partial charge in [-0.05, 0) is 22.6 Å². The van der Waals surface area contributed by atoms with Gasteiger partial charge in [-0.25, -0.2) is 0 Å². The third-order valence-electron chi connectivity index (χ3n) is 0.503. The van der Waals surface area contributed by atoms with Gasteiger partial charge in [0, 0.05) is 22.0 Å². The summed E-state index contributed by atoms with van der Waals surface area (Å²) in [5.74, 6) is 0. The highest BCUT2D eigenvalue weighted by Crippen LogP contribution is 1.96. The van der Waals surface area contributed by atoms with Crippen LogP contribution in [0.1, 0.15) is 0 Å². The van der Waals surface area contributed by atoms with Crippen LogP contribution in [0, 0.1) is 9.64 Å². The van der Waals surface area contributed by atoms with E-state index in [-0.39, 0.29) is 0 Å². The van der Waals surface area contributed by atoms with Crippen molar-refractivity contribution in [2.45, 2.75) is 0 Å². The average molecular weight is 192 g/mol. The normalized spacial score (nSPS) is 8.83. The minimum Gasteiger partial charge on any atom is -0.366 e. The molecule has 1 aromatic rings. The van der Waals surface area contributed by atoms with E-state index in [0.717, 1.165) is 3.57 Å². The number of aromatic nitrogens is 1. The molecule has 0 saturated carbocycles. The summed E-state index contributed by atoms with van der Waals surface area (Å²) in [5.41, 5.74) is 0. The molecule has 1 aromatic heterocycles. The molecule has 1 N–H and O–H groups in total. The molecule has 31 valence electrons. The molecule has 0 bridgehead atoms. The van der Waals surface area contributed by atoms with Crippen molar-refractivity contribution in [1.29, 1.82) is 0 Å². The average Bonchev–Trinajstić information content (AvgIpc) is 1.86. The van der Waals surface area contributed by atoms with E-state index in [2.05, 4.69) is 33.6 Å². The molecule has 0 saturated heterocycles. The topological polar surface area (TPSA) is 15.8 Å². The highest BCUT2D eigenvalue weighted by molar-refractivity contribution is 14.1. The second kappa shape index (κ2) is 1.64. The summed E-state index contributed by atoms with van der Waals surface area (Å²) in [7, 11) is 0. The lowest BCUT2D eigenvalue weighted by molar-refractivity contribution is 1.41. The van der Waals surface area contributed by atoms with Gasteiger partial charge < -0.3 is 4.98 Å². The van der Waals surface area contributed by atoms with Crippen LogP contribution in [0.4, 0.5) is 0 Å². The minimum absolute atomic E-state index is 1.13. The van der Waals surface area contributed by atoms with Gasteiger partial charge in [0.05, 0.1) is 0 Å². The number of nitrogens with one attached hydrogen (secondary N) is 1. The standard InChI is InChI=1S/C4H3IN/c5-4-1-2-6-3-4/h2-3,6H. The quantitative estimate of drug-likeness (QED) is 0.598. The summed E-state index contributed by atoms with van der Waals surface area (Å²) in [6, 6.07) is 2.93. The summed E-state index contributed by atoms with van der Waals surface area (Å²) in [4.78, 5) is 2.87. The van der Waals surface area contributed by atoms with E-state index in [1.54, 1.807) is 6.20 Å². The molecule has 0 unspecified atom stereocenters. The molecule has 0 aliphatic carbocycles. The van der Waals surface area contributed by atoms with Gasteiger partial charge in [0.25, 0.3) is 0 Å².